The minimum atomic E-state index is -4.99. The van der Waals surface area contributed by atoms with Crippen LogP contribution in [0.1, 0.15) is 387 Å². The van der Waals surface area contributed by atoms with Gasteiger partial charge in [0, 0.05) is 25.7 Å². The predicted molar refractivity (Wildman–Crippen MR) is 427 cm³/mol. The molecule has 606 valence electrons. The molecule has 0 aromatic rings. The van der Waals surface area contributed by atoms with Gasteiger partial charge in [-0.1, -0.05) is 338 Å². The second-order valence-electron chi connectivity index (χ2n) is 28.4. The fourth-order valence-corrected chi connectivity index (χ4v) is 13.3. The Bertz CT molecular complexity index is 2250. The first-order valence-corrected chi connectivity index (χ1v) is 45.2. The fraction of sp³-hybridized carbons (Fsp3) is 0.812. The van der Waals surface area contributed by atoms with E-state index in [0.29, 0.717) is 32.1 Å². The van der Waals surface area contributed by atoms with Crippen LogP contribution in [0.4, 0.5) is 0 Å². The van der Waals surface area contributed by atoms with Crippen molar-refractivity contribution < 1.29 is 80.2 Å². The van der Waals surface area contributed by atoms with Gasteiger partial charge in [0.2, 0.25) is 0 Å². The third-order valence-corrected chi connectivity index (χ3v) is 20.1. The number of hydrogen-bond donors (Lipinski definition) is 3. The second kappa shape index (κ2) is 77.7. The van der Waals surface area contributed by atoms with E-state index in [0.717, 1.165) is 116 Å². The van der Waals surface area contributed by atoms with Crippen LogP contribution in [0.3, 0.4) is 0 Å². The van der Waals surface area contributed by atoms with Crippen LogP contribution < -0.4 is 0 Å². The number of esters is 4. The van der Waals surface area contributed by atoms with Crippen molar-refractivity contribution in [3.05, 3.63) is 72.9 Å². The molecule has 0 fully saturated rings. The lowest BCUT2D eigenvalue weighted by Crippen LogP contribution is -2.30. The van der Waals surface area contributed by atoms with Gasteiger partial charge in [0.1, 0.15) is 19.3 Å². The van der Waals surface area contributed by atoms with E-state index < -0.39 is 97.5 Å². The molecule has 0 aliphatic heterocycles. The smallest absolute Gasteiger partial charge is 0.462 e. The minimum Gasteiger partial charge on any atom is -0.462 e. The standard InChI is InChI=1S/C85H154O17P2/c1-5-9-13-17-21-25-29-33-37-39-43-47-51-55-59-63-67-71-84(89)101-80(75-95-82(87)69-65-61-57-53-49-45-41-35-31-27-23-19-15-11-7-3)77-99-103(91,92)97-73-79(86)74-98-104(93,94)100-78-81(76-96-83(88)70-66-62-58-54-50-46-42-36-32-28-24-20-16-12-8-4)102-85(90)72-68-64-60-56-52-48-44-40-38-34-30-26-22-18-14-10-6-2/h21,23,25,27,33,35,37,41,43,47,55,59,79-81,86H,5-20,22,24,26,28-32,34,36,38-40,42,44-46,48-54,56-58,60-78H2,1-4H3,(H,91,92)(H,93,94)/b25-21-,27-23-,37-33-,41-35-,47-43-,59-55-/t79-,80+,81+/m0/s1. The molecule has 0 spiro atoms. The lowest BCUT2D eigenvalue weighted by Gasteiger charge is -2.21. The lowest BCUT2D eigenvalue weighted by molar-refractivity contribution is -0.161. The summed E-state index contributed by atoms with van der Waals surface area (Å²) in [5, 5.41) is 10.7. The van der Waals surface area contributed by atoms with Crippen molar-refractivity contribution in [2.24, 2.45) is 0 Å². The Morgan fingerprint density at radius 2 is 0.481 bits per heavy atom. The first-order valence-electron chi connectivity index (χ1n) is 42.2. The van der Waals surface area contributed by atoms with Gasteiger partial charge in [0.15, 0.2) is 12.2 Å². The average molecular weight is 1510 g/mol. The Labute approximate surface area is 634 Å². The van der Waals surface area contributed by atoms with E-state index >= 15 is 0 Å². The summed E-state index contributed by atoms with van der Waals surface area (Å²) in [5.74, 6) is -2.22. The zero-order valence-corrected chi connectivity index (χ0v) is 68.2. The molecule has 5 atom stereocenters. The zero-order valence-electron chi connectivity index (χ0n) is 66.5. The Kier molecular flexibility index (Phi) is 75.0. The van der Waals surface area contributed by atoms with E-state index in [1.807, 2.05) is 12.2 Å². The average Bonchev–Trinajstić information content (AvgIpc) is 0.907. The van der Waals surface area contributed by atoms with E-state index in [2.05, 4.69) is 88.5 Å². The quantitative estimate of drug-likeness (QED) is 0.0169. The van der Waals surface area contributed by atoms with Crippen LogP contribution in [0, 0.1) is 0 Å². The van der Waals surface area contributed by atoms with Crippen LogP contribution in [0.25, 0.3) is 0 Å². The first-order chi connectivity index (χ1) is 50.7. The van der Waals surface area contributed by atoms with Gasteiger partial charge in [-0.25, -0.2) is 9.13 Å². The maximum Gasteiger partial charge on any atom is 0.472 e. The van der Waals surface area contributed by atoms with Crippen molar-refractivity contribution in [1.29, 1.82) is 0 Å². The highest BCUT2D eigenvalue weighted by atomic mass is 31.2. The molecule has 0 saturated heterocycles. The molecule has 0 amide bonds. The van der Waals surface area contributed by atoms with E-state index in [1.165, 1.54) is 186 Å². The van der Waals surface area contributed by atoms with Crippen LogP contribution in [-0.4, -0.2) is 96.7 Å². The van der Waals surface area contributed by atoms with Crippen molar-refractivity contribution in [3.8, 4) is 0 Å². The summed E-state index contributed by atoms with van der Waals surface area (Å²) in [4.78, 5) is 73.1. The normalized spacial score (nSPS) is 14.2. The molecule has 0 heterocycles. The highest BCUT2D eigenvalue weighted by Gasteiger charge is 2.30. The maximum atomic E-state index is 13.1. The van der Waals surface area contributed by atoms with Crippen LogP contribution in [0.2, 0.25) is 0 Å². The number of aliphatic hydroxyl groups excluding tert-OH is 1. The zero-order chi connectivity index (χ0) is 76.0. The first kappa shape index (κ1) is 100. The third kappa shape index (κ3) is 76.7. The molecule has 0 bridgehead atoms. The van der Waals surface area contributed by atoms with Gasteiger partial charge in [-0.3, -0.25) is 37.3 Å². The SMILES string of the molecule is CCCCC/C=C\C/C=C\C/C=C\C/C=C\CCCC(=O)O[C@H](COC(=O)CCCCCCC/C=C\C/C=C\CCCCC)COP(=O)(O)OC[C@H](O)COP(=O)(O)OC[C@@H](COC(=O)CCCCCCCCCCCCCCCCC)OC(=O)CCCCCCCCCCCCCCCCCCC. The van der Waals surface area contributed by atoms with E-state index in [4.69, 9.17) is 37.0 Å². The van der Waals surface area contributed by atoms with E-state index in [-0.39, 0.29) is 25.7 Å². The Balaban J connectivity index is 5.39. The summed E-state index contributed by atoms with van der Waals surface area (Å²) in [6.45, 7) is 4.84. The molecule has 104 heavy (non-hydrogen) atoms. The summed E-state index contributed by atoms with van der Waals surface area (Å²) in [7, 11) is -9.97. The molecule has 0 aromatic carbocycles. The van der Waals surface area contributed by atoms with E-state index in [9.17, 15) is 43.2 Å². The molecule has 17 nitrogen and oxygen atoms in total. The van der Waals surface area contributed by atoms with Crippen LogP contribution in [-0.2, 0) is 65.4 Å². The van der Waals surface area contributed by atoms with Crippen LogP contribution in [0.15, 0.2) is 72.9 Å². The molecule has 19 heteroatoms. The number of phosphoric acid groups is 2. The summed E-state index contributed by atoms with van der Waals surface area (Å²) in [5.41, 5.74) is 0. The number of ether oxygens (including phenoxy) is 4. The van der Waals surface area contributed by atoms with Crippen molar-refractivity contribution in [2.75, 3.05) is 39.6 Å². The second-order valence-corrected chi connectivity index (χ2v) is 31.3. The maximum absolute atomic E-state index is 13.1. The topological polar surface area (TPSA) is 237 Å². The molecule has 3 N–H and O–H groups in total. The summed E-state index contributed by atoms with van der Waals surface area (Å²) in [6, 6.07) is 0. The monoisotopic (exact) mass is 1510 g/mol. The van der Waals surface area contributed by atoms with Gasteiger partial charge >= 0.3 is 39.5 Å². The Hall–Kier alpha value is -3.50. The molecule has 0 saturated carbocycles. The molecule has 2 unspecified atom stereocenters. The van der Waals surface area contributed by atoms with Gasteiger partial charge in [0.05, 0.1) is 26.4 Å². The molecule has 0 rings (SSSR count). The van der Waals surface area contributed by atoms with Gasteiger partial charge in [-0.15, -0.1) is 0 Å². The number of carbonyl (C=O) groups excluding carboxylic acids is 4. The highest BCUT2D eigenvalue weighted by molar-refractivity contribution is 7.47. The molecule has 0 aliphatic rings. The molecular weight excluding hydrogens is 1350 g/mol. The van der Waals surface area contributed by atoms with Gasteiger partial charge < -0.3 is 33.8 Å². The molecular formula is C85H154O17P2. The minimum absolute atomic E-state index is 0.0187. The van der Waals surface area contributed by atoms with Crippen molar-refractivity contribution in [2.45, 2.75) is 406 Å². The van der Waals surface area contributed by atoms with Crippen LogP contribution >= 0.6 is 15.6 Å². The van der Waals surface area contributed by atoms with Crippen LogP contribution in [0.5, 0.6) is 0 Å². The van der Waals surface area contributed by atoms with Crippen molar-refractivity contribution in [3.63, 3.8) is 0 Å². The van der Waals surface area contributed by atoms with Gasteiger partial charge in [-0.05, 0) is 96.3 Å². The van der Waals surface area contributed by atoms with E-state index in [1.54, 1.807) is 0 Å². The summed E-state index contributed by atoms with van der Waals surface area (Å²) in [6.07, 6.45) is 80.1. The third-order valence-electron chi connectivity index (χ3n) is 18.2. The number of phosphoric ester groups is 2. The Morgan fingerprint density at radius 3 is 0.779 bits per heavy atom. The fourth-order valence-electron chi connectivity index (χ4n) is 11.7. The van der Waals surface area contributed by atoms with Crippen molar-refractivity contribution >= 4 is 39.5 Å². The molecule has 0 aliphatic carbocycles. The highest BCUT2D eigenvalue weighted by Crippen LogP contribution is 2.45. The number of unbranched alkanes of at least 4 members (excludes halogenated alkanes) is 42. The summed E-state index contributed by atoms with van der Waals surface area (Å²) >= 11 is 0. The number of aliphatic hydroxyl groups is 1. The number of rotatable bonds is 80. The molecule has 0 aromatic heterocycles. The largest absolute Gasteiger partial charge is 0.472 e. The van der Waals surface area contributed by atoms with Gasteiger partial charge in [-0.2, -0.15) is 0 Å². The Morgan fingerprint density at radius 1 is 0.269 bits per heavy atom. The number of allylic oxidation sites excluding steroid dienone is 12. The van der Waals surface area contributed by atoms with Crippen molar-refractivity contribution in [1.82, 2.24) is 0 Å². The molecule has 0 radical (unpaired) electrons. The lowest BCUT2D eigenvalue weighted by atomic mass is 10.0. The summed E-state index contributed by atoms with van der Waals surface area (Å²) < 4.78 is 68.7. The van der Waals surface area contributed by atoms with Gasteiger partial charge in [0.25, 0.3) is 0 Å². The number of carbonyl (C=O) groups is 4. The predicted octanol–water partition coefficient (Wildman–Crippen LogP) is 24.8. The number of hydrogen-bond acceptors (Lipinski definition) is 15.